The Kier molecular flexibility index (Phi) is 3.04. The first kappa shape index (κ1) is 11.6. The Bertz CT molecular complexity index is 386. The van der Waals surface area contributed by atoms with Crippen molar-refractivity contribution in [3.63, 3.8) is 0 Å². The van der Waals surface area contributed by atoms with Crippen LogP contribution in [-0.2, 0) is 10.3 Å². The van der Waals surface area contributed by atoms with Crippen molar-refractivity contribution < 1.29 is 9.84 Å². The zero-order chi connectivity index (χ0) is 11.8. The van der Waals surface area contributed by atoms with Gasteiger partial charge in [-0.3, -0.25) is 0 Å². The molecule has 1 aromatic carbocycles. The molecule has 2 rings (SSSR count). The van der Waals surface area contributed by atoms with Gasteiger partial charge in [0, 0.05) is 6.42 Å². The summed E-state index contributed by atoms with van der Waals surface area (Å²) in [5, 5.41) is 9.79. The average Bonchev–Trinajstić information content (AvgIpc) is 2.21. The van der Waals surface area contributed by atoms with Crippen LogP contribution in [0.3, 0.4) is 0 Å². The van der Waals surface area contributed by atoms with E-state index in [-0.39, 0.29) is 11.7 Å². The molecule has 0 bridgehead atoms. The molecular formula is C14H20O2. The summed E-state index contributed by atoms with van der Waals surface area (Å²) in [6, 6.07) is 6.41. The van der Waals surface area contributed by atoms with Crippen LogP contribution in [0.25, 0.3) is 0 Å². The fraction of sp³-hybridized carbons (Fsp3) is 0.571. The predicted octanol–water partition coefficient (Wildman–Crippen LogP) is 2.69. The van der Waals surface area contributed by atoms with Crippen LogP contribution >= 0.6 is 0 Å². The molecule has 2 heteroatoms. The second-order valence-corrected chi connectivity index (χ2v) is 5.04. The second-order valence-electron chi connectivity index (χ2n) is 5.04. The summed E-state index contributed by atoms with van der Waals surface area (Å²) in [7, 11) is 0. The number of aryl methyl sites for hydroxylation is 2. The molecule has 1 aliphatic rings. The van der Waals surface area contributed by atoms with Crippen molar-refractivity contribution in [1.82, 2.24) is 0 Å². The van der Waals surface area contributed by atoms with Crippen LogP contribution < -0.4 is 0 Å². The van der Waals surface area contributed by atoms with E-state index in [9.17, 15) is 5.11 Å². The smallest absolute Gasteiger partial charge is 0.0930 e. The Balaban J connectivity index is 2.37. The monoisotopic (exact) mass is 220 g/mol. The Hall–Kier alpha value is -0.860. The van der Waals surface area contributed by atoms with Crippen LogP contribution in [0, 0.1) is 13.8 Å². The molecule has 0 aliphatic carbocycles. The highest BCUT2D eigenvalue weighted by molar-refractivity contribution is 5.35. The third-order valence-electron chi connectivity index (χ3n) is 3.46. The van der Waals surface area contributed by atoms with Gasteiger partial charge in [0.1, 0.15) is 0 Å². The first-order valence-electron chi connectivity index (χ1n) is 5.91. The molecule has 0 aromatic heterocycles. The van der Waals surface area contributed by atoms with Crippen molar-refractivity contribution >= 4 is 0 Å². The molecule has 1 saturated heterocycles. The molecule has 1 aromatic rings. The number of hydrogen-bond donors (Lipinski definition) is 1. The minimum atomic E-state index is -0.326. The van der Waals surface area contributed by atoms with E-state index < -0.39 is 0 Å². The maximum atomic E-state index is 9.79. The molecule has 2 unspecified atom stereocenters. The number of aliphatic hydroxyl groups excluding tert-OH is 1. The molecule has 88 valence electrons. The molecule has 0 spiro atoms. The minimum Gasteiger partial charge on any atom is -0.393 e. The van der Waals surface area contributed by atoms with Crippen molar-refractivity contribution in [2.45, 2.75) is 45.3 Å². The van der Waals surface area contributed by atoms with E-state index in [4.69, 9.17) is 4.74 Å². The molecule has 0 amide bonds. The van der Waals surface area contributed by atoms with Gasteiger partial charge in [-0.2, -0.15) is 0 Å². The number of aliphatic hydroxyl groups is 1. The SMILES string of the molecule is Cc1ccc(C)c(C2(C)CC(O)CCO2)c1. The number of benzene rings is 1. The highest BCUT2D eigenvalue weighted by Gasteiger charge is 2.35. The molecule has 0 radical (unpaired) electrons. The molecule has 1 N–H and O–H groups in total. The van der Waals surface area contributed by atoms with E-state index >= 15 is 0 Å². The molecule has 2 nitrogen and oxygen atoms in total. The summed E-state index contributed by atoms with van der Waals surface area (Å²) in [5.74, 6) is 0. The number of ether oxygens (including phenoxy) is 1. The Morgan fingerprint density at radius 1 is 1.38 bits per heavy atom. The largest absolute Gasteiger partial charge is 0.393 e. The summed E-state index contributed by atoms with van der Waals surface area (Å²) >= 11 is 0. The van der Waals surface area contributed by atoms with E-state index in [1.807, 2.05) is 0 Å². The van der Waals surface area contributed by atoms with Crippen LogP contribution in [0.15, 0.2) is 18.2 Å². The Morgan fingerprint density at radius 2 is 2.12 bits per heavy atom. The van der Waals surface area contributed by atoms with Gasteiger partial charge in [0.2, 0.25) is 0 Å². The lowest BCUT2D eigenvalue weighted by Crippen LogP contribution is -2.37. The summed E-state index contributed by atoms with van der Waals surface area (Å²) in [6.45, 7) is 6.91. The fourth-order valence-electron chi connectivity index (χ4n) is 2.52. The van der Waals surface area contributed by atoms with Crippen molar-refractivity contribution in [2.24, 2.45) is 0 Å². The van der Waals surface area contributed by atoms with Gasteiger partial charge in [-0.25, -0.2) is 0 Å². The van der Waals surface area contributed by atoms with Crippen molar-refractivity contribution in [3.8, 4) is 0 Å². The third kappa shape index (κ3) is 2.13. The lowest BCUT2D eigenvalue weighted by atomic mass is 9.84. The Morgan fingerprint density at radius 3 is 2.81 bits per heavy atom. The summed E-state index contributed by atoms with van der Waals surface area (Å²) in [6.07, 6.45) is 1.20. The molecule has 1 fully saturated rings. The van der Waals surface area contributed by atoms with Crippen LogP contribution in [0.1, 0.15) is 36.5 Å². The van der Waals surface area contributed by atoms with Gasteiger partial charge in [-0.15, -0.1) is 0 Å². The van der Waals surface area contributed by atoms with Crippen molar-refractivity contribution in [2.75, 3.05) is 6.61 Å². The standard InChI is InChI=1S/C14H20O2/c1-10-4-5-11(2)13(8-10)14(3)9-12(15)6-7-16-14/h4-5,8,12,15H,6-7,9H2,1-3H3. The van der Waals surface area contributed by atoms with Crippen molar-refractivity contribution in [1.29, 1.82) is 0 Å². The van der Waals surface area contributed by atoms with Gasteiger partial charge in [-0.05, 0) is 38.3 Å². The summed E-state index contributed by atoms with van der Waals surface area (Å²) < 4.78 is 5.90. The molecular weight excluding hydrogens is 200 g/mol. The van der Waals surface area contributed by atoms with E-state index in [1.165, 1.54) is 16.7 Å². The maximum absolute atomic E-state index is 9.79. The first-order chi connectivity index (χ1) is 7.51. The van der Waals surface area contributed by atoms with Crippen LogP contribution in [0.4, 0.5) is 0 Å². The highest BCUT2D eigenvalue weighted by atomic mass is 16.5. The van der Waals surface area contributed by atoms with Crippen molar-refractivity contribution in [3.05, 3.63) is 34.9 Å². The minimum absolute atomic E-state index is 0.237. The second kappa shape index (κ2) is 4.19. The topological polar surface area (TPSA) is 29.5 Å². The molecule has 1 aliphatic heterocycles. The maximum Gasteiger partial charge on any atom is 0.0930 e. The summed E-state index contributed by atoms with van der Waals surface area (Å²) in [5.41, 5.74) is 3.37. The molecule has 1 heterocycles. The zero-order valence-electron chi connectivity index (χ0n) is 10.3. The van der Waals surface area contributed by atoms with E-state index in [1.54, 1.807) is 0 Å². The van der Waals surface area contributed by atoms with Gasteiger partial charge in [0.05, 0.1) is 18.3 Å². The Labute approximate surface area is 97.3 Å². The van der Waals surface area contributed by atoms with Gasteiger partial charge in [0.15, 0.2) is 0 Å². The lowest BCUT2D eigenvalue weighted by molar-refractivity contribution is -0.113. The highest BCUT2D eigenvalue weighted by Crippen LogP contribution is 2.36. The van der Waals surface area contributed by atoms with Gasteiger partial charge in [-0.1, -0.05) is 23.8 Å². The van der Waals surface area contributed by atoms with Gasteiger partial charge >= 0.3 is 0 Å². The number of hydrogen-bond acceptors (Lipinski definition) is 2. The normalized spacial score (nSPS) is 30.4. The van der Waals surface area contributed by atoms with E-state index in [2.05, 4.69) is 39.0 Å². The fourth-order valence-corrected chi connectivity index (χ4v) is 2.52. The van der Waals surface area contributed by atoms with Crippen LogP contribution in [-0.4, -0.2) is 17.8 Å². The van der Waals surface area contributed by atoms with Crippen LogP contribution in [0.2, 0.25) is 0 Å². The average molecular weight is 220 g/mol. The first-order valence-corrected chi connectivity index (χ1v) is 5.91. The zero-order valence-corrected chi connectivity index (χ0v) is 10.3. The summed E-state index contributed by atoms with van der Waals surface area (Å²) in [4.78, 5) is 0. The molecule has 0 saturated carbocycles. The number of rotatable bonds is 1. The predicted molar refractivity (Wildman–Crippen MR) is 64.5 cm³/mol. The molecule has 16 heavy (non-hydrogen) atoms. The van der Waals surface area contributed by atoms with Gasteiger partial charge < -0.3 is 9.84 Å². The van der Waals surface area contributed by atoms with E-state index in [0.717, 1.165) is 6.42 Å². The van der Waals surface area contributed by atoms with E-state index in [0.29, 0.717) is 13.0 Å². The lowest BCUT2D eigenvalue weighted by Gasteiger charge is -2.38. The van der Waals surface area contributed by atoms with Crippen LogP contribution in [0.5, 0.6) is 0 Å². The van der Waals surface area contributed by atoms with Gasteiger partial charge in [0.25, 0.3) is 0 Å². The molecule has 2 atom stereocenters. The quantitative estimate of drug-likeness (QED) is 0.788. The third-order valence-corrected chi connectivity index (χ3v) is 3.46.